The van der Waals surface area contributed by atoms with E-state index in [2.05, 4.69) is 5.32 Å². The Morgan fingerprint density at radius 3 is 2.48 bits per heavy atom. The molecule has 138 valence electrons. The highest BCUT2D eigenvalue weighted by Crippen LogP contribution is 2.16. The van der Waals surface area contributed by atoms with Gasteiger partial charge in [-0.2, -0.15) is 0 Å². The summed E-state index contributed by atoms with van der Waals surface area (Å²) >= 11 is 0. The van der Waals surface area contributed by atoms with E-state index >= 15 is 0 Å². The molecule has 1 amide bonds. The summed E-state index contributed by atoms with van der Waals surface area (Å²) in [4.78, 5) is 37.9. The second-order valence-electron chi connectivity index (χ2n) is 6.05. The molecular formula is C20H18N2O5. The topological polar surface area (TPSA) is 88.8 Å². The highest BCUT2D eigenvalue weighted by Gasteiger charge is 2.16. The van der Waals surface area contributed by atoms with E-state index in [1.54, 1.807) is 36.4 Å². The first-order chi connectivity index (χ1) is 12.9. The molecule has 0 saturated carbocycles. The third-order valence-electron chi connectivity index (χ3n) is 3.86. The fourth-order valence-corrected chi connectivity index (χ4v) is 2.45. The Labute approximate surface area is 155 Å². The predicted molar refractivity (Wildman–Crippen MR) is 102 cm³/mol. The van der Waals surface area contributed by atoms with Gasteiger partial charge in [-0.1, -0.05) is 18.2 Å². The average Bonchev–Trinajstić information content (AvgIpc) is 2.66. The third-order valence-corrected chi connectivity index (χ3v) is 3.86. The van der Waals surface area contributed by atoms with Crippen molar-refractivity contribution in [2.24, 2.45) is 0 Å². The van der Waals surface area contributed by atoms with Crippen molar-refractivity contribution >= 4 is 34.2 Å². The Bertz CT molecular complexity index is 1040. The van der Waals surface area contributed by atoms with Gasteiger partial charge in [0.2, 0.25) is 0 Å². The Morgan fingerprint density at radius 1 is 1.07 bits per heavy atom. The van der Waals surface area contributed by atoms with E-state index in [4.69, 9.17) is 9.15 Å². The van der Waals surface area contributed by atoms with Crippen molar-refractivity contribution in [3.05, 3.63) is 70.6 Å². The highest BCUT2D eigenvalue weighted by atomic mass is 16.5. The van der Waals surface area contributed by atoms with Crippen molar-refractivity contribution < 1.29 is 18.7 Å². The standard InChI is InChI=1S/C20H18N2O5/c1-22(2)15-9-7-14(8-10-15)21-18(23)12-26-19(24)16-11-13-5-3-4-6-17(13)27-20(16)25/h3-11H,12H2,1-2H3,(H,21,23). The van der Waals surface area contributed by atoms with Crippen LogP contribution < -0.4 is 15.8 Å². The van der Waals surface area contributed by atoms with Gasteiger partial charge in [0.25, 0.3) is 5.91 Å². The second-order valence-corrected chi connectivity index (χ2v) is 6.05. The lowest BCUT2D eigenvalue weighted by Gasteiger charge is -2.13. The number of hydrogen-bond donors (Lipinski definition) is 1. The van der Waals surface area contributed by atoms with Crippen LogP contribution in [0, 0.1) is 0 Å². The van der Waals surface area contributed by atoms with Gasteiger partial charge in [-0.15, -0.1) is 0 Å². The van der Waals surface area contributed by atoms with Gasteiger partial charge in [-0.25, -0.2) is 9.59 Å². The van der Waals surface area contributed by atoms with Gasteiger partial charge in [0, 0.05) is 30.9 Å². The molecule has 0 fully saturated rings. The molecule has 0 saturated heterocycles. The number of ether oxygens (including phenoxy) is 1. The van der Waals surface area contributed by atoms with Crippen molar-refractivity contribution in [2.45, 2.75) is 0 Å². The molecule has 0 radical (unpaired) electrons. The smallest absolute Gasteiger partial charge is 0.351 e. The van der Waals surface area contributed by atoms with Crippen LogP contribution in [0.4, 0.5) is 11.4 Å². The van der Waals surface area contributed by atoms with Crippen molar-refractivity contribution in [2.75, 3.05) is 30.9 Å². The van der Waals surface area contributed by atoms with E-state index < -0.39 is 24.1 Å². The van der Waals surface area contributed by atoms with Crippen LogP contribution in [0.5, 0.6) is 0 Å². The minimum atomic E-state index is -0.910. The lowest BCUT2D eigenvalue weighted by molar-refractivity contribution is -0.119. The van der Waals surface area contributed by atoms with Crippen molar-refractivity contribution in [3.8, 4) is 0 Å². The van der Waals surface area contributed by atoms with E-state index in [1.165, 1.54) is 6.07 Å². The van der Waals surface area contributed by atoms with E-state index in [0.717, 1.165) is 5.69 Å². The van der Waals surface area contributed by atoms with Gasteiger partial charge in [0.1, 0.15) is 11.1 Å². The quantitative estimate of drug-likeness (QED) is 0.552. The van der Waals surface area contributed by atoms with Crippen LogP contribution in [0.3, 0.4) is 0 Å². The van der Waals surface area contributed by atoms with E-state index in [1.807, 2.05) is 31.1 Å². The van der Waals surface area contributed by atoms with E-state index in [0.29, 0.717) is 16.7 Å². The van der Waals surface area contributed by atoms with Gasteiger partial charge in [0.05, 0.1) is 0 Å². The normalized spacial score (nSPS) is 10.4. The van der Waals surface area contributed by atoms with Crippen molar-refractivity contribution in [3.63, 3.8) is 0 Å². The minimum absolute atomic E-state index is 0.253. The molecule has 3 aromatic rings. The third kappa shape index (κ3) is 4.33. The highest BCUT2D eigenvalue weighted by molar-refractivity contribution is 5.96. The van der Waals surface area contributed by atoms with Crippen LogP contribution >= 0.6 is 0 Å². The molecule has 7 nitrogen and oxygen atoms in total. The van der Waals surface area contributed by atoms with Crippen LogP contribution in [0.2, 0.25) is 0 Å². The van der Waals surface area contributed by atoms with Crippen LogP contribution in [-0.4, -0.2) is 32.6 Å². The molecule has 0 unspecified atom stereocenters. The SMILES string of the molecule is CN(C)c1ccc(NC(=O)COC(=O)c2cc3ccccc3oc2=O)cc1. The molecule has 0 atom stereocenters. The van der Waals surface area contributed by atoms with E-state index in [9.17, 15) is 14.4 Å². The number of nitrogens with zero attached hydrogens (tertiary/aromatic N) is 1. The summed E-state index contributed by atoms with van der Waals surface area (Å²) in [6.45, 7) is -0.513. The number of anilines is 2. The molecule has 0 bridgehead atoms. The number of carbonyl (C=O) groups excluding carboxylic acids is 2. The summed E-state index contributed by atoms with van der Waals surface area (Å²) < 4.78 is 10.0. The van der Waals surface area contributed by atoms with Gasteiger partial charge < -0.3 is 19.4 Å². The van der Waals surface area contributed by atoms with Gasteiger partial charge in [-0.3, -0.25) is 4.79 Å². The molecule has 27 heavy (non-hydrogen) atoms. The second kappa shape index (κ2) is 7.74. The summed E-state index contributed by atoms with van der Waals surface area (Å²) in [5.41, 5.74) is 0.877. The number of benzene rings is 2. The molecule has 1 aromatic heterocycles. The predicted octanol–water partition coefficient (Wildman–Crippen LogP) is 2.65. The molecule has 1 heterocycles. The Hall–Kier alpha value is -3.61. The summed E-state index contributed by atoms with van der Waals surface area (Å²) in [6, 6.07) is 15.4. The monoisotopic (exact) mass is 366 g/mol. The number of nitrogens with one attached hydrogen (secondary N) is 1. The molecule has 0 spiro atoms. The fourth-order valence-electron chi connectivity index (χ4n) is 2.45. The lowest BCUT2D eigenvalue weighted by atomic mass is 10.2. The summed E-state index contributed by atoms with van der Waals surface area (Å²) in [7, 11) is 3.83. The molecule has 2 aromatic carbocycles. The maximum Gasteiger partial charge on any atom is 0.351 e. The number of carbonyl (C=O) groups is 2. The maximum atomic E-state index is 12.1. The molecule has 7 heteroatoms. The number of para-hydroxylation sites is 1. The zero-order valence-corrected chi connectivity index (χ0v) is 14.9. The molecule has 1 N–H and O–H groups in total. The largest absolute Gasteiger partial charge is 0.452 e. The van der Waals surface area contributed by atoms with Crippen molar-refractivity contribution in [1.82, 2.24) is 0 Å². The van der Waals surface area contributed by atoms with Gasteiger partial charge >= 0.3 is 11.6 Å². The maximum absolute atomic E-state index is 12.1. The molecule has 0 aliphatic heterocycles. The van der Waals surface area contributed by atoms with Crippen molar-refractivity contribution in [1.29, 1.82) is 0 Å². The number of rotatable bonds is 5. The molecule has 3 rings (SSSR count). The zero-order chi connectivity index (χ0) is 19.4. The Balaban J connectivity index is 1.62. The Kier molecular flexibility index (Phi) is 5.21. The number of amides is 1. The minimum Gasteiger partial charge on any atom is -0.452 e. The number of fused-ring (bicyclic) bond motifs is 1. The van der Waals surface area contributed by atoms with Crippen LogP contribution in [0.25, 0.3) is 11.0 Å². The fraction of sp³-hybridized carbons (Fsp3) is 0.150. The average molecular weight is 366 g/mol. The lowest BCUT2D eigenvalue weighted by Crippen LogP contribution is -2.23. The summed E-state index contributed by atoms with van der Waals surface area (Å²) in [5, 5.41) is 3.22. The zero-order valence-electron chi connectivity index (χ0n) is 14.9. The first kappa shape index (κ1) is 18.2. The molecule has 0 aliphatic rings. The first-order valence-electron chi connectivity index (χ1n) is 8.21. The molecule has 0 aliphatic carbocycles. The first-order valence-corrected chi connectivity index (χ1v) is 8.21. The van der Waals surface area contributed by atoms with Gasteiger partial charge in [-0.05, 0) is 36.4 Å². The van der Waals surface area contributed by atoms with Crippen LogP contribution in [-0.2, 0) is 9.53 Å². The number of esters is 1. The summed E-state index contributed by atoms with van der Waals surface area (Å²) in [5.74, 6) is -1.42. The van der Waals surface area contributed by atoms with Crippen LogP contribution in [0.1, 0.15) is 10.4 Å². The van der Waals surface area contributed by atoms with Gasteiger partial charge in [0.15, 0.2) is 6.61 Å². The molecular weight excluding hydrogens is 348 g/mol. The number of hydrogen-bond acceptors (Lipinski definition) is 6. The van der Waals surface area contributed by atoms with Crippen LogP contribution in [0.15, 0.2) is 63.8 Å². The summed E-state index contributed by atoms with van der Waals surface area (Å²) in [6.07, 6.45) is 0. The van der Waals surface area contributed by atoms with E-state index in [-0.39, 0.29) is 5.56 Å². The Morgan fingerprint density at radius 2 is 1.78 bits per heavy atom.